The van der Waals surface area contributed by atoms with Crippen molar-refractivity contribution in [3.63, 3.8) is 0 Å². The number of anilines is 1. The molecule has 7 heteroatoms. The summed E-state index contributed by atoms with van der Waals surface area (Å²) in [7, 11) is 1.49. The molecule has 0 bridgehead atoms. The number of carbonyl (C=O) groups is 2. The van der Waals surface area contributed by atoms with Gasteiger partial charge in [0.1, 0.15) is 5.75 Å². The van der Waals surface area contributed by atoms with E-state index < -0.39 is 0 Å². The van der Waals surface area contributed by atoms with E-state index in [1.165, 1.54) is 13.3 Å². The van der Waals surface area contributed by atoms with Crippen molar-refractivity contribution in [2.24, 2.45) is 0 Å². The monoisotopic (exact) mass is 395 g/mol. The molecule has 2 amide bonds. The van der Waals surface area contributed by atoms with E-state index in [9.17, 15) is 9.59 Å². The topological polar surface area (TPSA) is 80.3 Å². The first kappa shape index (κ1) is 19.4. The van der Waals surface area contributed by atoms with E-state index in [0.29, 0.717) is 27.6 Å². The van der Waals surface area contributed by atoms with E-state index in [1.807, 2.05) is 6.07 Å². The molecule has 0 aliphatic rings. The summed E-state index contributed by atoms with van der Waals surface area (Å²) in [5.41, 5.74) is 2.28. The molecule has 3 rings (SSSR count). The summed E-state index contributed by atoms with van der Waals surface area (Å²) in [6, 6.07) is 15.5. The average molecular weight is 396 g/mol. The van der Waals surface area contributed by atoms with Gasteiger partial charge in [0.15, 0.2) is 0 Å². The summed E-state index contributed by atoms with van der Waals surface area (Å²) < 4.78 is 5.21. The molecule has 3 aromatic rings. The van der Waals surface area contributed by atoms with Gasteiger partial charge in [0, 0.05) is 29.6 Å². The lowest BCUT2D eigenvalue weighted by molar-refractivity contribution is 0.0947. The predicted molar refractivity (Wildman–Crippen MR) is 108 cm³/mol. The normalized spacial score (nSPS) is 10.2. The zero-order chi connectivity index (χ0) is 19.9. The van der Waals surface area contributed by atoms with E-state index in [4.69, 9.17) is 16.3 Å². The van der Waals surface area contributed by atoms with Crippen LogP contribution in [0.4, 0.5) is 5.69 Å². The van der Waals surface area contributed by atoms with Crippen LogP contribution >= 0.6 is 11.6 Å². The Bertz CT molecular complexity index is 993. The highest BCUT2D eigenvalue weighted by atomic mass is 35.5. The summed E-state index contributed by atoms with van der Waals surface area (Å²) in [5.74, 6) is -0.110. The maximum atomic E-state index is 12.5. The molecule has 0 saturated heterocycles. The maximum Gasteiger partial charge on any atom is 0.257 e. The number of halogens is 1. The molecule has 1 heterocycles. The molecule has 0 spiro atoms. The molecule has 28 heavy (non-hydrogen) atoms. The van der Waals surface area contributed by atoms with Gasteiger partial charge in [0.05, 0.1) is 18.2 Å². The highest BCUT2D eigenvalue weighted by molar-refractivity contribution is 6.31. The van der Waals surface area contributed by atoms with Crippen LogP contribution in [0.25, 0.3) is 0 Å². The SMILES string of the molecule is COc1ccc(Cl)cc1C(=O)NCc1cccc(NC(=O)c2cccnc2)c1. The number of benzene rings is 2. The van der Waals surface area contributed by atoms with Crippen LogP contribution in [-0.4, -0.2) is 23.9 Å². The minimum absolute atomic E-state index is 0.252. The number of methoxy groups -OCH3 is 1. The maximum absolute atomic E-state index is 12.5. The minimum atomic E-state index is -0.302. The first-order valence-electron chi connectivity index (χ1n) is 8.49. The molecule has 6 nitrogen and oxygen atoms in total. The fourth-order valence-corrected chi connectivity index (χ4v) is 2.77. The van der Waals surface area contributed by atoms with Crippen LogP contribution in [0.15, 0.2) is 67.0 Å². The molecular formula is C21H18ClN3O3. The first-order chi connectivity index (χ1) is 13.6. The zero-order valence-electron chi connectivity index (χ0n) is 15.1. The molecule has 2 N–H and O–H groups in total. The van der Waals surface area contributed by atoms with E-state index in [2.05, 4.69) is 15.6 Å². The Balaban J connectivity index is 1.66. The van der Waals surface area contributed by atoms with Crippen LogP contribution < -0.4 is 15.4 Å². The fraction of sp³-hybridized carbons (Fsp3) is 0.0952. The van der Waals surface area contributed by atoms with Crippen molar-refractivity contribution >= 4 is 29.1 Å². The molecule has 0 aliphatic heterocycles. The zero-order valence-corrected chi connectivity index (χ0v) is 15.9. The highest BCUT2D eigenvalue weighted by Gasteiger charge is 2.13. The van der Waals surface area contributed by atoms with Crippen LogP contribution in [0.1, 0.15) is 26.3 Å². The van der Waals surface area contributed by atoms with Crippen LogP contribution in [-0.2, 0) is 6.54 Å². The predicted octanol–water partition coefficient (Wildman–Crippen LogP) is 3.93. The van der Waals surface area contributed by atoms with Crippen molar-refractivity contribution in [1.29, 1.82) is 0 Å². The number of nitrogens with one attached hydrogen (secondary N) is 2. The van der Waals surface area contributed by atoms with Crippen molar-refractivity contribution in [3.05, 3.63) is 88.7 Å². The number of aromatic nitrogens is 1. The van der Waals surface area contributed by atoms with Gasteiger partial charge in [0.25, 0.3) is 11.8 Å². The van der Waals surface area contributed by atoms with Crippen molar-refractivity contribution in [1.82, 2.24) is 10.3 Å². The minimum Gasteiger partial charge on any atom is -0.496 e. The number of rotatable bonds is 6. The second-order valence-corrected chi connectivity index (χ2v) is 6.36. The third-order valence-electron chi connectivity index (χ3n) is 3.97. The van der Waals surface area contributed by atoms with Crippen LogP contribution in [0.2, 0.25) is 5.02 Å². The summed E-state index contributed by atoms with van der Waals surface area (Å²) in [5, 5.41) is 6.09. The number of carbonyl (C=O) groups excluding carboxylic acids is 2. The molecule has 0 fully saturated rings. The summed E-state index contributed by atoms with van der Waals surface area (Å²) in [6.45, 7) is 0.283. The Morgan fingerprint density at radius 2 is 1.93 bits per heavy atom. The Labute approximate surface area is 167 Å². The molecule has 0 unspecified atom stereocenters. The van der Waals surface area contributed by atoms with Crippen LogP contribution in [0.3, 0.4) is 0 Å². The molecule has 1 aromatic heterocycles. The standard InChI is InChI=1S/C21H18ClN3O3/c1-28-19-8-7-16(22)11-18(19)21(27)24-12-14-4-2-6-17(10-14)25-20(26)15-5-3-9-23-13-15/h2-11,13H,12H2,1H3,(H,24,27)(H,25,26). The van der Waals surface area contributed by atoms with Crippen molar-refractivity contribution < 1.29 is 14.3 Å². The lowest BCUT2D eigenvalue weighted by Crippen LogP contribution is -2.23. The Kier molecular flexibility index (Phi) is 6.24. The fourth-order valence-electron chi connectivity index (χ4n) is 2.59. The molecule has 2 aromatic carbocycles. The Morgan fingerprint density at radius 3 is 2.68 bits per heavy atom. The molecule has 0 saturated carbocycles. The quantitative estimate of drug-likeness (QED) is 0.662. The van der Waals surface area contributed by atoms with Gasteiger partial charge in [-0.1, -0.05) is 23.7 Å². The smallest absolute Gasteiger partial charge is 0.257 e. The first-order valence-corrected chi connectivity index (χ1v) is 8.86. The van der Waals surface area contributed by atoms with Gasteiger partial charge in [0.2, 0.25) is 0 Å². The van der Waals surface area contributed by atoms with Crippen molar-refractivity contribution in [3.8, 4) is 5.75 Å². The van der Waals surface area contributed by atoms with Gasteiger partial charge in [-0.25, -0.2) is 0 Å². The van der Waals surface area contributed by atoms with Crippen LogP contribution in [0, 0.1) is 0 Å². The molecular weight excluding hydrogens is 378 g/mol. The van der Waals surface area contributed by atoms with Crippen LogP contribution in [0.5, 0.6) is 5.75 Å². The van der Waals surface area contributed by atoms with E-state index >= 15 is 0 Å². The van der Waals surface area contributed by atoms with Gasteiger partial charge in [-0.3, -0.25) is 14.6 Å². The number of ether oxygens (including phenoxy) is 1. The molecule has 142 valence electrons. The lowest BCUT2D eigenvalue weighted by atomic mass is 10.1. The molecule has 0 aliphatic carbocycles. The van der Waals surface area contributed by atoms with Crippen molar-refractivity contribution in [2.75, 3.05) is 12.4 Å². The summed E-state index contributed by atoms with van der Waals surface area (Å²) in [4.78, 5) is 28.6. The number of hydrogen-bond donors (Lipinski definition) is 2. The molecule has 0 radical (unpaired) electrons. The third kappa shape index (κ3) is 4.86. The summed E-state index contributed by atoms with van der Waals surface area (Å²) in [6.07, 6.45) is 3.10. The third-order valence-corrected chi connectivity index (χ3v) is 4.20. The number of nitrogens with zero attached hydrogens (tertiary/aromatic N) is 1. The van der Waals surface area contributed by atoms with Gasteiger partial charge < -0.3 is 15.4 Å². The Hall–Kier alpha value is -3.38. The van der Waals surface area contributed by atoms with Gasteiger partial charge >= 0.3 is 0 Å². The second-order valence-electron chi connectivity index (χ2n) is 5.92. The number of pyridine rings is 1. The average Bonchev–Trinajstić information content (AvgIpc) is 2.73. The van der Waals surface area contributed by atoms with Gasteiger partial charge in [-0.2, -0.15) is 0 Å². The lowest BCUT2D eigenvalue weighted by Gasteiger charge is -2.11. The van der Waals surface area contributed by atoms with E-state index in [-0.39, 0.29) is 18.4 Å². The highest BCUT2D eigenvalue weighted by Crippen LogP contribution is 2.22. The van der Waals surface area contributed by atoms with E-state index in [1.54, 1.807) is 54.7 Å². The number of amides is 2. The largest absolute Gasteiger partial charge is 0.496 e. The molecule has 0 atom stereocenters. The summed E-state index contributed by atoms with van der Waals surface area (Å²) >= 11 is 5.97. The second kappa shape index (κ2) is 9.01. The van der Waals surface area contributed by atoms with Gasteiger partial charge in [-0.05, 0) is 48.0 Å². The number of hydrogen-bond acceptors (Lipinski definition) is 4. The van der Waals surface area contributed by atoms with Crippen molar-refractivity contribution in [2.45, 2.75) is 6.54 Å². The Morgan fingerprint density at radius 1 is 1.07 bits per heavy atom. The van der Waals surface area contributed by atoms with Gasteiger partial charge in [-0.15, -0.1) is 0 Å². The van der Waals surface area contributed by atoms with E-state index in [0.717, 1.165) is 5.56 Å².